The van der Waals surface area contributed by atoms with Crippen LogP contribution in [0.15, 0.2) is 0 Å². The molecule has 0 fully saturated rings. The molecule has 0 aliphatic rings. The van der Waals surface area contributed by atoms with Gasteiger partial charge < -0.3 is 15.0 Å². The number of esters is 1. The molecule has 2 amide bonds. The smallest absolute Gasteiger partial charge is 0.325 e. The van der Waals surface area contributed by atoms with Crippen molar-refractivity contribution in [3.05, 3.63) is 0 Å². The lowest BCUT2D eigenvalue weighted by Crippen LogP contribution is -2.48. The molecule has 0 unspecified atom stereocenters. The molecule has 0 heterocycles. The van der Waals surface area contributed by atoms with E-state index in [2.05, 4.69) is 10.1 Å². The van der Waals surface area contributed by atoms with Gasteiger partial charge in [0.2, 0.25) is 0 Å². The van der Waals surface area contributed by atoms with Crippen molar-refractivity contribution in [1.29, 1.82) is 5.26 Å². The van der Waals surface area contributed by atoms with E-state index in [0.717, 1.165) is 4.90 Å². The van der Waals surface area contributed by atoms with Crippen LogP contribution in [0.25, 0.3) is 0 Å². The van der Waals surface area contributed by atoms with Crippen LogP contribution in [0, 0.1) is 11.3 Å². The minimum atomic E-state index is -0.913. The number of carbonyl (C=O) groups excluding carboxylic acids is 3. The quantitative estimate of drug-likeness (QED) is 0.388. The summed E-state index contributed by atoms with van der Waals surface area (Å²) in [5, 5.41) is 10.4. The van der Waals surface area contributed by atoms with Crippen molar-refractivity contribution in [2.45, 2.75) is 19.9 Å². The molecule has 94 valence electrons. The van der Waals surface area contributed by atoms with Crippen molar-refractivity contribution in [2.24, 2.45) is 0 Å². The lowest BCUT2D eigenvalue weighted by Gasteiger charge is -2.24. The van der Waals surface area contributed by atoms with E-state index in [1.54, 1.807) is 19.9 Å². The molecule has 1 N–H and O–H groups in total. The average Bonchev–Trinajstić information content (AvgIpc) is 2.31. The largest absolute Gasteiger partial charge is 0.468 e. The van der Waals surface area contributed by atoms with Gasteiger partial charge in [0, 0.05) is 6.04 Å². The maximum Gasteiger partial charge on any atom is 0.325 e. The van der Waals surface area contributed by atoms with E-state index in [1.165, 1.54) is 7.11 Å². The Morgan fingerprint density at radius 2 is 2.00 bits per heavy atom. The first kappa shape index (κ1) is 14.9. The topological polar surface area (TPSA) is 99.5 Å². The molecule has 0 aliphatic heterocycles. The molecule has 0 aromatic rings. The summed E-state index contributed by atoms with van der Waals surface area (Å²) >= 11 is 0. The van der Waals surface area contributed by atoms with E-state index in [9.17, 15) is 14.4 Å². The highest BCUT2D eigenvalue weighted by Crippen LogP contribution is 1.99. The summed E-state index contributed by atoms with van der Waals surface area (Å²) in [6.07, 6.45) is 0. The van der Waals surface area contributed by atoms with Crippen LogP contribution >= 0.6 is 0 Å². The molecule has 0 atom stereocenters. The molecular formula is C10H15N3O4. The monoisotopic (exact) mass is 241 g/mol. The first-order chi connectivity index (χ1) is 7.93. The molecule has 0 spiro atoms. The van der Waals surface area contributed by atoms with E-state index in [1.807, 2.05) is 0 Å². The number of hydrogen-bond donors (Lipinski definition) is 1. The predicted octanol–water partition coefficient (Wildman–Crippen LogP) is -0.964. The van der Waals surface area contributed by atoms with E-state index in [0.29, 0.717) is 0 Å². The molecule has 0 aromatic heterocycles. The molecule has 0 radical (unpaired) electrons. The lowest BCUT2D eigenvalue weighted by atomic mass is 10.3. The molecule has 17 heavy (non-hydrogen) atoms. The van der Waals surface area contributed by atoms with Crippen molar-refractivity contribution in [3.8, 4) is 6.07 Å². The number of hydrogen-bond acceptors (Lipinski definition) is 5. The molecular weight excluding hydrogens is 226 g/mol. The van der Waals surface area contributed by atoms with Crippen LogP contribution in [0.4, 0.5) is 0 Å². The third kappa shape index (κ3) is 4.97. The van der Waals surface area contributed by atoms with Gasteiger partial charge in [-0.3, -0.25) is 14.4 Å². The van der Waals surface area contributed by atoms with Crippen LogP contribution in [0.5, 0.6) is 0 Å². The molecule has 0 rings (SSSR count). The Morgan fingerprint density at radius 1 is 1.41 bits per heavy atom. The molecule has 0 aromatic carbocycles. The number of nitrogens with zero attached hydrogens (tertiary/aromatic N) is 2. The second-order valence-corrected chi connectivity index (χ2v) is 3.44. The third-order valence-corrected chi connectivity index (χ3v) is 1.93. The van der Waals surface area contributed by atoms with Gasteiger partial charge in [-0.05, 0) is 13.8 Å². The van der Waals surface area contributed by atoms with Gasteiger partial charge in [-0.25, -0.2) is 0 Å². The van der Waals surface area contributed by atoms with Crippen LogP contribution in [-0.2, 0) is 19.1 Å². The fourth-order valence-corrected chi connectivity index (χ4v) is 1.02. The van der Waals surface area contributed by atoms with Crippen LogP contribution in [0.3, 0.4) is 0 Å². The Hall–Kier alpha value is -2.10. The van der Waals surface area contributed by atoms with Crippen molar-refractivity contribution < 1.29 is 19.1 Å². The average molecular weight is 241 g/mol. The predicted molar refractivity (Wildman–Crippen MR) is 57.5 cm³/mol. The minimum Gasteiger partial charge on any atom is -0.468 e. The molecule has 0 bridgehead atoms. The summed E-state index contributed by atoms with van der Waals surface area (Å²) in [4.78, 5) is 35.1. The highest BCUT2D eigenvalue weighted by atomic mass is 16.5. The fourth-order valence-electron chi connectivity index (χ4n) is 1.02. The van der Waals surface area contributed by atoms with Gasteiger partial charge in [0.15, 0.2) is 0 Å². The summed E-state index contributed by atoms with van der Waals surface area (Å²) < 4.78 is 4.43. The highest BCUT2D eigenvalue weighted by Gasteiger charge is 2.26. The number of carbonyl (C=O) groups is 3. The Morgan fingerprint density at radius 3 is 2.41 bits per heavy atom. The number of methoxy groups -OCH3 is 1. The third-order valence-electron chi connectivity index (χ3n) is 1.93. The van der Waals surface area contributed by atoms with E-state index < -0.39 is 17.8 Å². The van der Waals surface area contributed by atoms with E-state index >= 15 is 0 Å². The second-order valence-electron chi connectivity index (χ2n) is 3.44. The highest BCUT2D eigenvalue weighted by molar-refractivity contribution is 6.35. The molecule has 0 saturated carbocycles. The zero-order valence-electron chi connectivity index (χ0n) is 10.0. The van der Waals surface area contributed by atoms with Crippen LogP contribution in [0.2, 0.25) is 0 Å². The van der Waals surface area contributed by atoms with Crippen molar-refractivity contribution >= 4 is 17.8 Å². The van der Waals surface area contributed by atoms with Gasteiger partial charge in [-0.2, -0.15) is 5.26 Å². The second kappa shape index (κ2) is 7.22. The normalized spacial score (nSPS) is 9.35. The number of nitriles is 1. The van der Waals surface area contributed by atoms with Crippen LogP contribution in [-0.4, -0.2) is 48.9 Å². The van der Waals surface area contributed by atoms with Gasteiger partial charge in [-0.15, -0.1) is 0 Å². The Kier molecular flexibility index (Phi) is 6.33. The standard InChI is InChI=1S/C10H15N3O4/c1-7(2)13(6-8(14)17-3)10(16)9(15)12-5-4-11/h7H,5-6H2,1-3H3,(H,12,15). The van der Waals surface area contributed by atoms with Gasteiger partial charge in [0.25, 0.3) is 0 Å². The van der Waals surface area contributed by atoms with E-state index in [-0.39, 0.29) is 19.1 Å². The number of amides is 2. The first-order valence-corrected chi connectivity index (χ1v) is 4.96. The number of rotatable bonds is 4. The molecule has 0 aliphatic carbocycles. The van der Waals surface area contributed by atoms with Crippen molar-refractivity contribution in [3.63, 3.8) is 0 Å². The SMILES string of the molecule is COC(=O)CN(C(=O)C(=O)NCC#N)C(C)C. The van der Waals surface area contributed by atoms with Gasteiger partial charge in [-0.1, -0.05) is 0 Å². The van der Waals surface area contributed by atoms with Gasteiger partial charge in [0.05, 0.1) is 13.2 Å². The lowest BCUT2D eigenvalue weighted by molar-refractivity contribution is -0.152. The van der Waals surface area contributed by atoms with E-state index in [4.69, 9.17) is 5.26 Å². The van der Waals surface area contributed by atoms with Gasteiger partial charge >= 0.3 is 17.8 Å². The number of nitrogens with one attached hydrogen (secondary N) is 1. The van der Waals surface area contributed by atoms with Crippen molar-refractivity contribution in [2.75, 3.05) is 20.2 Å². The minimum absolute atomic E-state index is 0.255. The summed E-state index contributed by atoms with van der Waals surface area (Å²) in [5.74, 6) is -2.38. The molecule has 7 heteroatoms. The zero-order chi connectivity index (χ0) is 13.4. The maximum atomic E-state index is 11.6. The fraction of sp³-hybridized carbons (Fsp3) is 0.600. The first-order valence-electron chi connectivity index (χ1n) is 4.96. The zero-order valence-corrected chi connectivity index (χ0v) is 10.0. The molecule has 7 nitrogen and oxygen atoms in total. The molecule has 0 saturated heterocycles. The summed E-state index contributed by atoms with van der Waals surface area (Å²) in [6, 6.07) is 1.35. The Bertz CT molecular complexity index is 346. The summed E-state index contributed by atoms with van der Waals surface area (Å²) in [5.41, 5.74) is 0. The van der Waals surface area contributed by atoms with Crippen LogP contribution < -0.4 is 5.32 Å². The maximum absolute atomic E-state index is 11.6. The van der Waals surface area contributed by atoms with Crippen molar-refractivity contribution in [1.82, 2.24) is 10.2 Å². The summed E-state index contributed by atoms with van der Waals surface area (Å²) in [7, 11) is 1.20. The van der Waals surface area contributed by atoms with Crippen LogP contribution in [0.1, 0.15) is 13.8 Å². The number of ether oxygens (including phenoxy) is 1. The Balaban J connectivity index is 4.61. The van der Waals surface area contributed by atoms with Gasteiger partial charge in [0.1, 0.15) is 13.1 Å². The Labute approximate surface area is 99.3 Å². The summed E-state index contributed by atoms with van der Waals surface area (Å²) in [6.45, 7) is 2.78.